The van der Waals surface area contributed by atoms with E-state index in [4.69, 9.17) is 4.74 Å². The van der Waals surface area contributed by atoms with E-state index in [0.29, 0.717) is 37.2 Å². The highest BCUT2D eigenvalue weighted by Gasteiger charge is 2.43. The van der Waals surface area contributed by atoms with Crippen molar-refractivity contribution in [1.29, 1.82) is 0 Å². The fourth-order valence-electron chi connectivity index (χ4n) is 4.23. The number of nitrogens with zero attached hydrogens (tertiary/aromatic N) is 3. The molecule has 2 aliphatic rings. The summed E-state index contributed by atoms with van der Waals surface area (Å²) in [5.74, 6) is 1.37. The smallest absolute Gasteiger partial charge is 0.258 e. The molecule has 1 N–H and O–H groups in total. The summed E-state index contributed by atoms with van der Waals surface area (Å²) in [5, 5.41) is 3.01. The Labute approximate surface area is 168 Å². The molecule has 148 valence electrons. The second-order valence-electron chi connectivity index (χ2n) is 7.66. The quantitative estimate of drug-likeness (QED) is 0.729. The van der Waals surface area contributed by atoms with Crippen molar-refractivity contribution in [2.24, 2.45) is 0 Å². The minimum Gasteiger partial charge on any atom is -0.467 e. The highest BCUT2D eigenvalue weighted by atomic mass is 16.5. The minimum atomic E-state index is -0.736. The first-order chi connectivity index (χ1) is 14.0. The highest BCUT2D eigenvalue weighted by molar-refractivity contribution is 5.98. The van der Waals surface area contributed by atoms with Crippen LogP contribution in [0.2, 0.25) is 0 Å². The van der Waals surface area contributed by atoms with Crippen molar-refractivity contribution < 1.29 is 14.3 Å². The Morgan fingerprint density at radius 3 is 2.69 bits per heavy atom. The van der Waals surface area contributed by atoms with E-state index < -0.39 is 5.72 Å². The van der Waals surface area contributed by atoms with Gasteiger partial charge in [-0.05, 0) is 31.2 Å². The maximum atomic E-state index is 12.9. The van der Waals surface area contributed by atoms with E-state index in [1.54, 1.807) is 6.07 Å². The minimum absolute atomic E-state index is 0.0497. The number of imidazole rings is 1. The molecule has 1 spiro atoms. The van der Waals surface area contributed by atoms with Crippen LogP contribution in [0.1, 0.15) is 29.0 Å². The van der Waals surface area contributed by atoms with Gasteiger partial charge in [0.25, 0.3) is 5.91 Å². The summed E-state index contributed by atoms with van der Waals surface area (Å²) in [6, 6.07) is 15.1. The van der Waals surface area contributed by atoms with Crippen molar-refractivity contribution in [3.63, 3.8) is 0 Å². The Morgan fingerprint density at radius 2 is 1.86 bits per heavy atom. The number of carbonyl (C=O) groups is 2. The van der Waals surface area contributed by atoms with E-state index in [-0.39, 0.29) is 18.4 Å². The summed E-state index contributed by atoms with van der Waals surface area (Å²) in [5.41, 5.74) is 1.68. The fraction of sp³-hybridized carbons (Fsp3) is 0.318. The molecule has 7 heteroatoms. The molecule has 3 heterocycles. The van der Waals surface area contributed by atoms with Gasteiger partial charge in [0.05, 0.1) is 16.6 Å². The van der Waals surface area contributed by atoms with Gasteiger partial charge in [-0.2, -0.15) is 0 Å². The van der Waals surface area contributed by atoms with Crippen molar-refractivity contribution >= 4 is 22.8 Å². The summed E-state index contributed by atoms with van der Waals surface area (Å²) < 4.78 is 8.11. The number of ether oxygens (including phenoxy) is 1. The molecule has 0 saturated carbocycles. The summed E-state index contributed by atoms with van der Waals surface area (Å²) in [6.45, 7) is 3.25. The molecule has 1 aromatic heterocycles. The molecular weight excluding hydrogens is 368 g/mol. The van der Waals surface area contributed by atoms with E-state index in [2.05, 4.69) is 10.3 Å². The monoisotopic (exact) mass is 390 g/mol. The first kappa shape index (κ1) is 17.7. The summed E-state index contributed by atoms with van der Waals surface area (Å²) in [7, 11) is 0. The van der Waals surface area contributed by atoms with Gasteiger partial charge in [-0.15, -0.1) is 0 Å². The van der Waals surface area contributed by atoms with Crippen LogP contribution < -0.4 is 10.1 Å². The van der Waals surface area contributed by atoms with Crippen LogP contribution in [0.3, 0.4) is 0 Å². The maximum absolute atomic E-state index is 12.9. The fourth-order valence-corrected chi connectivity index (χ4v) is 4.23. The molecule has 2 aliphatic heterocycles. The number of carbonyl (C=O) groups excluding carboxylic acids is 2. The SMILES string of the molecule is Cc1nc2ccccc2n1CC(=O)N1CCC2(CC1)NC(=O)c1ccccc1O2. The Kier molecular flexibility index (Phi) is 4.04. The lowest BCUT2D eigenvalue weighted by atomic mass is 9.97. The van der Waals surface area contributed by atoms with Gasteiger partial charge in [0.15, 0.2) is 5.72 Å². The lowest BCUT2D eigenvalue weighted by Crippen LogP contribution is -2.61. The largest absolute Gasteiger partial charge is 0.467 e. The van der Waals surface area contributed by atoms with Crippen LogP contribution in [0.25, 0.3) is 11.0 Å². The maximum Gasteiger partial charge on any atom is 0.258 e. The third-order valence-corrected chi connectivity index (χ3v) is 5.84. The number of amides is 2. The molecule has 2 aromatic carbocycles. The predicted octanol–water partition coefficient (Wildman–Crippen LogP) is 2.49. The van der Waals surface area contributed by atoms with Crippen molar-refractivity contribution in [2.75, 3.05) is 13.1 Å². The Morgan fingerprint density at radius 1 is 1.14 bits per heavy atom. The van der Waals surface area contributed by atoms with Gasteiger partial charge in [-0.3, -0.25) is 9.59 Å². The second kappa shape index (κ2) is 6.62. The van der Waals surface area contributed by atoms with Crippen LogP contribution in [0.15, 0.2) is 48.5 Å². The number of rotatable bonds is 2. The number of fused-ring (bicyclic) bond motifs is 2. The van der Waals surface area contributed by atoms with Gasteiger partial charge >= 0.3 is 0 Å². The van der Waals surface area contributed by atoms with Gasteiger partial charge in [-0.1, -0.05) is 24.3 Å². The number of likely N-dealkylation sites (tertiary alicyclic amines) is 1. The van der Waals surface area contributed by atoms with E-state index in [1.807, 2.05) is 58.9 Å². The van der Waals surface area contributed by atoms with Crippen LogP contribution >= 0.6 is 0 Å². The Bertz CT molecular complexity index is 1110. The molecule has 29 heavy (non-hydrogen) atoms. The zero-order valence-corrected chi connectivity index (χ0v) is 16.2. The highest BCUT2D eigenvalue weighted by Crippen LogP contribution is 2.33. The van der Waals surface area contributed by atoms with Crippen LogP contribution in [0.4, 0.5) is 0 Å². The predicted molar refractivity (Wildman–Crippen MR) is 108 cm³/mol. The number of aryl methyl sites for hydroxylation is 1. The molecule has 2 amide bonds. The first-order valence-corrected chi connectivity index (χ1v) is 9.85. The zero-order valence-electron chi connectivity index (χ0n) is 16.2. The van der Waals surface area contributed by atoms with Gasteiger partial charge in [0.2, 0.25) is 5.91 Å². The molecule has 0 radical (unpaired) electrons. The van der Waals surface area contributed by atoms with Crippen LogP contribution in [-0.4, -0.2) is 45.1 Å². The van der Waals surface area contributed by atoms with Crippen molar-refractivity contribution in [1.82, 2.24) is 19.8 Å². The molecule has 7 nitrogen and oxygen atoms in total. The molecular formula is C22H22N4O3. The summed E-state index contributed by atoms with van der Waals surface area (Å²) in [6.07, 6.45) is 1.12. The van der Waals surface area contributed by atoms with E-state index >= 15 is 0 Å². The number of nitrogens with one attached hydrogen (secondary N) is 1. The molecule has 5 rings (SSSR count). The molecule has 1 saturated heterocycles. The van der Waals surface area contributed by atoms with Gasteiger partial charge < -0.3 is 19.5 Å². The van der Waals surface area contributed by atoms with Crippen LogP contribution in [-0.2, 0) is 11.3 Å². The third kappa shape index (κ3) is 3.03. The average Bonchev–Trinajstić information content (AvgIpc) is 3.04. The lowest BCUT2D eigenvalue weighted by molar-refractivity contribution is -0.136. The molecule has 3 aromatic rings. The third-order valence-electron chi connectivity index (χ3n) is 5.84. The molecule has 0 unspecified atom stereocenters. The lowest BCUT2D eigenvalue weighted by Gasteiger charge is -2.44. The average molecular weight is 390 g/mol. The number of benzene rings is 2. The second-order valence-corrected chi connectivity index (χ2v) is 7.66. The number of piperidine rings is 1. The van der Waals surface area contributed by atoms with Crippen molar-refractivity contribution in [3.8, 4) is 5.75 Å². The topological polar surface area (TPSA) is 76.5 Å². The number of hydrogen-bond acceptors (Lipinski definition) is 4. The van der Waals surface area contributed by atoms with E-state index in [9.17, 15) is 9.59 Å². The van der Waals surface area contributed by atoms with E-state index in [0.717, 1.165) is 16.9 Å². The number of aromatic nitrogens is 2. The number of para-hydroxylation sites is 3. The standard InChI is InChI=1S/C22H22N4O3/c1-15-23-17-7-3-4-8-18(17)26(15)14-20(27)25-12-10-22(11-13-25)24-21(28)16-6-2-5-9-19(16)29-22/h2-9H,10-14H2,1H3,(H,24,28). The normalized spacial score (nSPS) is 17.7. The van der Waals surface area contributed by atoms with Gasteiger partial charge in [0.1, 0.15) is 18.1 Å². The Hall–Kier alpha value is -3.35. The summed E-state index contributed by atoms with van der Waals surface area (Å²) in [4.78, 5) is 31.8. The van der Waals surface area contributed by atoms with Crippen LogP contribution in [0.5, 0.6) is 5.75 Å². The first-order valence-electron chi connectivity index (χ1n) is 9.85. The molecule has 1 fully saturated rings. The van der Waals surface area contributed by atoms with Gasteiger partial charge in [-0.25, -0.2) is 4.98 Å². The number of hydrogen-bond donors (Lipinski definition) is 1. The molecule has 0 atom stereocenters. The van der Waals surface area contributed by atoms with Crippen molar-refractivity contribution in [3.05, 3.63) is 59.9 Å². The molecule has 0 aliphatic carbocycles. The Balaban J connectivity index is 1.29. The molecule has 0 bridgehead atoms. The van der Waals surface area contributed by atoms with Crippen molar-refractivity contribution in [2.45, 2.75) is 32.0 Å². The van der Waals surface area contributed by atoms with Crippen LogP contribution in [0, 0.1) is 6.92 Å². The van der Waals surface area contributed by atoms with E-state index in [1.165, 1.54) is 0 Å². The zero-order chi connectivity index (χ0) is 20.0. The van der Waals surface area contributed by atoms with Gasteiger partial charge in [0, 0.05) is 25.9 Å². The summed E-state index contributed by atoms with van der Waals surface area (Å²) >= 11 is 0.